The molecular formula is C26H25N5O2S. The highest BCUT2D eigenvalue weighted by Crippen LogP contribution is 2.34. The predicted molar refractivity (Wildman–Crippen MR) is 134 cm³/mol. The summed E-state index contributed by atoms with van der Waals surface area (Å²) in [6.45, 7) is 4.65. The molecule has 1 atom stereocenters. The first kappa shape index (κ1) is 22.2. The van der Waals surface area contributed by atoms with Crippen molar-refractivity contribution >= 4 is 23.4 Å². The number of aromatic nitrogens is 4. The van der Waals surface area contributed by atoms with Crippen LogP contribution in [-0.4, -0.2) is 44.1 Å². The number of hydrogen-bond donors (Lipinski definition) is 0. The molecule has 8 heteroatoms. The molecule has 0 radical (unpaired) electrons. The number of nitrogens with zero attached hydrogens (tertiary/aromatic N) is 5. The maximum atomic E-state index is 13.3. The molecule has 1 aliphatic heterocycles. The maximum absolute atomic E-state index is 13.3. The van der Waals surface area contributed by atoms with Gasteiger partial charge in [-0.15, -0.1) is 10.2 Å². The van der Waals surface area contributed by atoms with Crippen LogP contribution in [0.5, 0.6) is 5.75 Å². The van der Waals surface area contributed by atoms with Gasteiger partial charge >= 0.3 is 0 Å². The van der Waals surface area contributed by atoms with E-state index in [-0.39, 0.29) is 17.7 Å². The minimum atomic E-state index is 0.0617. The molecule has 0 fully saturated rings. The molecule has 34 heavy (non-hydrogen) atoms. The van der Waals surface area contributed by atoms with E-state index >= 15 is 0 Å². The van der Waals surface area contributed by atoms with Gasteiger partial charge in [-0.1, -0.05) is 30.0 Å². The molecule has 0 saturated carbocycles. The molecule has 0 N–H and O–H groups in total. The molecule has 0 unspecified atom stereocenters. The van der Waals surface area contributed by atoms with Crippen LogP contribution in [0.1, 0.15) is 19.4 Å². The lowest BCUT2D eigenvalue weighted by Gasteiger charge is -2.22. The largest absolute Gasteiger partial charge is 0.494 e. The zero-order valence-corrected chi connectivity index (χ0v) is 19.9. The Balaban J connectivity index is 1.44. The topological polar surface area (TPSA) is 73.1 Å². The Labute approximate surface area is 202 Å². The summed E-state index contributed by atoms with van der Waals surface area (Å²) in [5.74, 6) is 1.80. The van der Waals surface area contributed by atoms with Crippen LogP contribution in [0.2, 0.25) is 0 Å². The van der Waals surface area contributed by atoms with E-state index in [2.05, 4.69) is 28.2 Å². The van der Waals surface area contributed by atoms with E-state index < -0.39 is 0 Å². The van der Waals surface area contributed by atoms with Crippen LogP contribution in [0, 0.1) is 0 Å². The van der Waals surface area contributed by atoms with E-state index in [0.717, 1.165) is 29.1 Å². The molecule has 1 amide bonds. The molecule has 172 valence electrons. The van der Waals surface area contributed by atoms with Crippen LogP contribution in [0.15, 0.2) is 78.2 Å². The van der Waals surface area contributed by atoms with Crippen LogP contribution >= 0.6 is 11.8 Å². The molecule has 0 aliphatic carbocycles. The van der Waals surface area contributed by atoms with Gasteiger partial charge in [-0.2, -0.15) is 0 Å². The van der Waals surface area contributed by atoms with Gasteiger partial charge in [0.2, 0.25) is 5.91 Å². The quantitative estimate of drug-likeness (QED) is 0.361. The third kappa shape index (κ3) is 4.28. The van der Waals surface area contributed by atoms with Crippen LogP contribution in [0.25, 0.3) is 17.1 Å². The number of benzene rings is 2. The SMILES string of the molecule is CCOc1ccc(-n2c(SCC(=O)N3c4ccccc4C[C@@H]3C)nnc2-c2cccnc2)cc1. The first-order valence-corrected chi connectivity index (χ1v) is 12.3. The maximum Gasteiger partial charge on any atom is 0.237 e. The first-order chi connectivity index (χ1) is 16.7. The lowest BCUT2D eigenvalue weighted by molar-refractivity contribution is -0.116. The van der Waals surface area contributed by atoms with Crippen molar-refractivity contribution in [2.24, 2.45) is 0 Å². The number of ether oxygens (including phenoxy) is 1. The highest BCUT2D eigenvalue weighted by atomic mass is 32.2. The van der Waals surface area contributed by atoms with Crippen molar-refractivity contribution in [1.29, 1.82) is 0 Å². The zero-order chi connectivity index (χ0) is 23.5. The number of fused-ring (bicyclic) bond motifs is 1. The zero-order valence-electron chi connectivity index (χ0n) is 19.1. The van der Waals surface area contributed by atoms with E-state index in [1.165, 1.54) is 17.3 Å². The minimum absolute atomic E-state index is 0.0617. The van der Waals surface area contributed by atoms with Gasteiger partial charge in [0, 0.05) is 35.4 Å². The molecular weight excluding hydrogens is 446 g/mol. The Morgan fingerprint density at radius 1 is 1.09 bits per heavy atom. The molecule has 2 aromatic heterocycles. The van der Waals surface area contributed by atoms with Gasteiger partial charge in [0.05, 0.1) is 12.4 Å². The van der Waals surface area contributed by atoms with E-state index in [0.29, 0.717) is 17.6 Å². The number of para-hydroxylation sites is 1. The van der Waals surface area contributed by atoms with Gasteiger partial charge in [-0.25, -0.2) is 0 Å². The Kier molecular flexibility index (Phi) is 6.31. The summed E-state index contributed by atoms with van der Waals surface area (Å²) in [5.41, 5.74) is 3.96. The summed E-state index contributed by atoms with van der Waals surface area (Å²) in [7, 11) is 0. The Bertz CT molecular complexity index is 1290. The van der Waals surface area contributed by atoms with Gasteiger partial charge in [0.15, 0.2) is 11.0 Å². The summed E-state index contributed by atoms with van der Waals surface area (Å²) in [6, 6.07) is 19.9. The van der Waals surface area contributed by atoms with E-state index in [1.807, 2.05) is 71.0 Å². The van der Waals surface area contributed by atoms with Crippen molar-refractivity contribution in [3.8, 4) is 22.8 Å². The molecule has 0 spiro atoms. The summed E-state index contributed by atoms with van der Waals surface area (Å²) in [5, 5.41) is 9.53. The lowest BCUT2D eigenvalue weighted by atomic mass is 10.1. The number of hydrogen-bond acceptors (Lipinski definition) is 6. The van der Waals surface area contributed by atoms with Gasteiger partial charge in [-0.05, 0) is 68.3 Å². The van der Waals surface area contributed by atoms with E-state index in [9.17, 15) is 4.79 Å². The van der Waals surface area contributed by atoms with Crippen LogP contribution < -0.4 is 9.64 Å². The second-order valence-electron chi connectivity index (χ2n) is 8.04. The third-order valence-corrected chi connectivity index (χ3v) is 6.67. The van der Waals surface area contributed by atoms with Crippen LogP contribution in [-0.2, 0) is 11.2 Å². The average Bonchev–Trinajstić information content (AvgIpc) is 3.44. The number of carbonyl (C=O) groups excluding carboxylic acids is 1. The van der Waals surface area contributed by atoms with Crippen molar-refractivity contribution in [2.75, 3.05) is 17.3 Å². The molecule has 4 aromatic rings. The van der Waals surface area contributed by atoms with Crippen molar-refractivity contribution in [2.45, 2.75) is 31.5 Å². The summed E-state index contributed by atoms with van der Waals surface area (Å²) in [4.78, 5) is 19.4. The third-order valence-electron chi connectivity index (χ3n) is 5.76. The highest BCUT2D eigenvalue weighted by molar-refractivity contribution is 7.99. The smallest absolute Gasteiger partial charge is 0.237 e. The second-order valence-corrected chi connectivity index (χ2v) is 8.99. The van der Waals surface area contributed by atoms with Gasteiger partial charge < -0.3 is 9.64 Å². The molecule has 1 aliphatic rings. The Morgan fingerprint density at radius 3 is 2.68 bits per heavy atom. The second kappa shape index (κ2) is 9.69. The monoisotopic (exact) mass is 471 g/mol. The van der Waals surface area contributed by atoms with Crippen molar-refractivity contribution in [1.82, 2.24) is 19.7 Å². The van der Waals surface area contributed by atoms with Crippen LogP contribution in [0.4, 0.5) is 5.69 Å². The highest BCUT2D eigenvalue weighted by Gasteiger charge is 2.30. The number of thioether (sulfide) groups is 1. The van der Waals surface area contributed by atoms with E-state index in [4.69, 9.17) is 4.74 Å². The first-order valence-electron chi connectivity index (χ1n) is 11.3. The van der Waals surface area contributed by atoms with Crippen LogP contribution in [0.3, 0.4) is 0 Å². The number of amides is 1. The Morgan fingerprint density at radius 2 is 1.91 bits per heavy atom. The minimum Gasteiger partial charge on any atom is -0.494 e. The molecule has 2 aromatic carbocycles. The summed E-state index contributed by atoms with van der Waals surface area (Å²) >= 11 is 1.39. The fourth-order valence-corrected chi connectivity index (χ4v) is 5.09. The van der Waals surface area contributed by atoms with Gasteiger partial charge in [0.1, 0.15) is 5.75 Å². The average molecular weight is 472 g/mol. The number of pyridine rings is 1. The standard InChI is InChI=1S/C26H25N5O2S/c1-3-33-22-12-10-21(11-13-22)31-25(20-8-6-14-27-16-20)28-29-26(31)34-17-24(32)30-18(2)15-19-7-4-5-9-23(19)30/h4-14,16,18H,3,15,17H2,1-2H3/t18-/m0/s1. The molecule has 0 bridgehead atoms. The predicted octanol–water partition coefficient (Wildman–Crippen LogP) is 4.80. The number of anilines is 1. The van der Waals surface area contributed by atoms with Crippen molar-refractivity contribution < 1.29 is 9.53 Å². The van der Waals surface area contributed by atoms with Gasteiger partial charge in [-0.3, -0.25) is 14.3 Å². The fourth-order valence-electron chi connectivity index (χ4n) is 4.28. The molecule has 0 saturated heterocycles. The van der Waals surface area contributed by atoms with Crippen molar-refractivity contribution in [3.63, 3.8) is 0 Å². The van der Waals surface area contributed by atoms with Crippen molar-refractivity contribution in [3.05, 3.63) is 78.6 Å². The fraction of sp³-hybridized carbons (Fsp3) is 0.231. The molecule has 7 nitrogen and oxygen atoms in total. The summed E-state index contributed by atoms with van der Waals surface area (Å²) < 4.78 is 7.56. The van der Waals surface area contributed by atoms with E-state index in [1.54, 1.807) is 12.4 Å². The number of rotatable bonds is 7. The number of carbonyl (C=O) groups is 1. The molecule has 5 rings (SSSR count). The molecule has 3 heterocycles. The lowest BCUT2D eigenvalue weighted by Crippen LogP contribution is -2.37. The normalized spacial score (nSPS) is 14.8. The summed E-state index contributed by atoms with van der Waals surface area (Å²) in [6.07, 6.45) is 4.36. The Hall–Kier alpha value is -3.65. The van der Waals surface area contributed by atoms with Gasteiger partial charge in [0.25, 0.3) is 0 Å².